The number of halogens is 6. The van der Waals surface area contributed by atoms with Crippen LogP contribution in [-0.2, 0) is 25.4 Å². The fraction of sp³-hybridized carbons (Fsp3) is 0.348. The van der Waals surface area contributed by atoms with Crippen molar-refractivity contribution in [3.8, 4) is 0 Å². The Morgan fingerprint density at radius 3 is 2.22 bits per heavy atom. The highest BCUT2D eigenvalue weighted by atomic mass is 19.4. The molecule has 1 unspecified atom stereocenters. The van der Waals surface area contributed by atoms with E-state index < -0.39 is 23.5 Å². The molecule has 3 nitrogen and oxygen atoms in total. The molecule has 0 spiro atoms. The number of benzene rings is 2. The van der Waals surface area contributed by atoms with Crippen molar-refractivity contribution in [3.63, 3.8) is 0 Å². The Morgan fingerprint density at radius 1 is 0.938 bits per heavy atom. The summed E-state index contributed by atoms with van der Waals surface area (Å²) in [4.78, 5) is 6.15. The van der Waals surface area contributed by atoms with Crippen LogP contribution in [-0.4, -0.2) is 21.0 Å². The molecule has 4 rings (SSSR count). The fourth-order valence-corrected chi connectivity index (χ4v) is 4.27. The second-order valence-electron chi connectivity index (χ2n) is 8.01. The molecule has 32 heavy (non-hydrogen) atoms. The lowest BCUT2D eigenvalue weighted by Crippen LogP contribution is -2.30. The average molecular weight is 453 g/mol. The molecule has 9 heteroatoms. The maximum absolute atomic E-state index is 13.3. The van der Waals surface area contributed by atoms with Gasteiger partial charge in [0.25, 0.3) is 0 Å². The zero-order valence-electron chi connectivity index (χ0n) is 17.2. The summed E-state index contributed by atoms with van der Waals surface area (Å²) >= 11 is 0. The van der Waals surface area contributed by atoms with E-state index in [1.54, 1.807) is 12.5 Å². The van der Waals surface area contributed by atoms with Crippen molar-refractivity contribution in [3.05, 3.63) is 88.5 Å². The molecule has 2 aromatic carbocycles. The van der Waals surface area contributed by atoms with Crippen LogP contribution in [0.4, 0.5) is 26.3 Å². The Balaban J connectivity index is 1.79. The van der Waals surface area contributed by atoms with E-state index in [4.69, 9.17) is 0 Å². The molecule has 0 aliphatic carbocycles. The van der Waals surface area contributed by atoms with Crippen molar-refractivity contribution < 1.29 is 26.3 Å². The third-order valence-electron chi connectivity index (χ3n) is 5.75. The van der Waals surface area contributed by atoms with Crippen LogP contribution in [0, 0.1) is 6.92 Å². The number of imidazole rings is 1. The summed E-state index contributed by atoms with van der Waals surface area (Å²) in [5.41, 5.74) is 0.166. The summed E-state index contributed by atoms with van der Waals surface area (Å²) < 4.78 is 82.0. The Bertz CT molecular complexity index is 1070. The summed E-state index contributed by atoms with van der Waals surface area (Å²) in [6.07, 6.45) is -5.64. The molecule has 0 bridgehead atoms. The zero-order valence-corrected chi connectivity index (χ0v) is 17.2. The largest absolute Gasteiger partial charge is 0.416 e. The first-order chi connectivity index (χ1) is 15.0. The molecule has 1 aromatic heterocycles. The highest BCUT2D eigenvalue weighted by Gasteiger charge is 2.37. The van der Waals surface area contributed by atoms with E-state index in [2.05, 4.69) is 4.98 Å². The third kappa shape index (κ3) is 4.53. The van der Waals surface area contributed by atoms with Gasteiger partial charge < -0.3 is 4.57 Å². The summed E-state index contributed by atoms with van der Waals surface area (Å²) in [6, 6.07) is 9.08. The monoisotopic (exact) mass is 453 g/mol. The summed E-state index contributed by atoms with van der Waals surface area (Å²) in [6.45, 7) is 3.06. The van der Waals surface area contributed by atoms with Crippen LogP contribution >= 0.6 is 0 Å². The van der Waals surface area contributed by atoms with Crippen molar-refractivity contribution in [2.45, 2.75) is 44.8 Å². The lowest BCUT2D eigenvalue weighted by atomic mass is 9.96. The number of hydrogen-bond donors (Lipinski definition) is 0. The summed E-state index contributed by atoms with van der Waals surface area (Å²) in [5, 5.41) is 0. The van der Waals surface area contributed by atoms with Crippen LogP contribution in [0.5, 0.6) is 0 Å². The highest BCUT2D eigenvalue weighted by Crippen LogP contribution is 2.38. The highest BCUT2D eigenvalue weighted by molar-refractivity contribution is 5.37. The van der Waals surface area contributed by atoms with Crippen molar-refractivity contribution in [1.29, 1.82) is 0 Å². The minimum atomic E-state index is -4.87. The number of hydrogen-bond acceptors (Lipinski definition) is 2. The Kier molecular flexibility index (Phi) is 5.79. The number of aryl methyl sites for hydroxylation is 2. The van der Waals surface area contributed by atoms with Crippen LogP contribution < -0.4 is 0 Å². The fourth-order valence-electron chi connectivity index (χ4n) is 4.27. The Hall–Kier alpha value is -2.81. The van der Waals surface area contributed by atoms with Crippen LogP contribution in [0.25, 0.3) is 0 Å². The molecule has 0 amide bonds. The minimum absolute atomic E-state index is 0.0290. The summed E-state index contributed by atoms with van der Waals surface area (Å²) in [5.74, 6) is 0. The molecule has 1 aliphatic rings. The van der Waals surface area contributed by atoms with Gasteiger partial charge in [-0.1, -0.05) is 24.3 Å². The topological polar surface area (TPSA) is 21.1 Å². The minimum Gasteiger partial charge on any atom is -0.333 e. The van der Waals surface area contributed by atoms with Gasteiger partial charge in [-0.25, -0.2) is 4.98 Å². The molecule has 0 N–H and O–H groups in total. The molecule has 0 saturated heterocycles. The molecule has 3 aromatic rings. The number of nitrogens with zero attached hydrogens (tertiary/aromatic N) is 3. The van der Waals surface area contributed by atoms with Gasteiger partial charge in [-0.05, 0) is 48.2 Å². The van der Waals surface area contributed by atoms with Crippen molar-refractivity contribution >= 4 is 0 Å². The lowest BCUT2D eigenvalue weighted by molar-refractivity contribution is -0.143. The predicted octanol–water partition coefficient (Wildman–Crippen LogP) is 6.22. The van der Waals surface area contributed by atoms with Crippen molar-refractivity contribution in [2.75, 3.05) is 6.54 Å². The van der Waals surface area contributed by atoms with Gasteiger partial charge in [0.15, 0.2) is 0 Å². The predicted molar refractivity (Wildman–Crippen MR) is 107 cm³/mol. The average Bonchev–Trinajstić information content (AvgIpc) is 3.09. The first-order valence-electron chi connectivity index (χ1n) is 10.1. The van der Waals surface area contributed by atoms with Crippen molar-refractivity contribution in [2.24, 2.45) is 0 Å². The second-order valence-corrected chi connectivity index (χ2v) is 8.01. The van der Waals surface area contributed by atoms with E-state index in [1.807, 2.05) is 40.7 Å². The van der Waals surface area contributed by atoms with Gasteiger partial charge in [0.1, 0.15) is 0 Å². The smallest absolute Gasteiger partial charge is 0.333 e. The standard InChI is InChI=1S/C23H21F6N3/c1-15-5-2-3-6-19(15)21-20-12-30-14-32(20)8-4-7-31(21)13-16-9-17(22(24,25)26)11-18(10-16)23(27,28)29/h2-3,5-6,9-12,14,21H,4,7-8,13H2,1H3. The van der Waals surface area contributed by atoms with Crippen molar-refractivity contribution in [1.82, 2.24) is 14.5 Å². The molecule has 0 fully saturated rings. The Morgan fingerprint density at radius 2 is 1.59 bits per heavy atom. The van der Waals surface area contributed by atoms with E-state index in [-0.39, 0.29) is 24.2 Å². The molecular weight excluding hydrogens is 432 g/mol. The van der Waals surface area contributed by atoms with Gasteiger partial charge in [-0.3, -0.25) is 4.90 Å². The molecule has 1 aliphatic heterocycles. The Labute approximate surface area is 181 Å². The first kappa shape index (κ1) is 22.4. The number of rotatable bonds is 3. The van der Waals surface area contributed by atoms with Gasteiger partial charge in [0.05, 0.1) is 35.4 Å². The van der Waals surface area contributed by atoms with Gasteiger partial charge in [-0.15, -0.1) is 0 Å². The molecule has 1 atom stereocenters. The van der Waals surface area contributed by atoms with Crippen LogP contribution in [0.1, 0.15) is 46.0 Å². The molecule has 0 radical (unpaired) electrons. The maximum atomic E-state index is 13.3. The maximum Gasteiger partial charge on any atom is 0.416 e. The van der Waals surface area contributed by atoms with E-state index in [0.29, 0.717) is 19.5 Å². The third-order valence-corrected chi connectivity index (χ3v) is 5.75. The van der Waals surface area contributed by atoms with E-state index in [0.717, 1.165) is 29.0 Å². The summed E-state index contributed by atoms with van der Waals surface area (Å²) in [7, 11) is 0. The lowest BCUT2D eigenvalue weighted by Gasteiger charge is -2.31. The quantitative estimate of drug-likeness (QED) is 0.439. The van der Waals surface area contributed by atoms with E-state index in [9.17, 15) is 26.3 Å². The second kappa shape index (κ2) is 8.27. The van der Waals surface area contributed by atoms with E-state index in [1.165, 1.54) is 0 Å². The normalized spacial score (nSPS) is 17.8. The number of fused-ring (bicyclic) bond motifs is 1. The zero-order chi connectivity index (χ0) is 23.1. The van der Waals surface area contributed by atoms with Crippen LogP contribution in [0.15, 0.2) is 55.0 Å². The number of aromatic nitrogens is 2. The van der Waals surface area contributed by atoms with Gasteiger partial charge in [0, 0.05) is 19.6 Å². The SMILES string of the molecule is Cc1ccccc1C1c2cncn2CCCN1Cc1cc(C(F)(F)F)cc(C(F)(F)F)c1. The number of alkyl halides is 6. The van der Waals surface area contributed by atoms with E-state index >= 15 is 0 Å². The molecular formula is C23H21F6N3. The molecule has 0 saturated carbocycles. The van der Waals surface area contributed by atoms with Crippen LogP contribution in [0.2, 0.25) is 0 Å². The van der Waals surface area contributed by atoms with Crippen LogP contribution in [0.3, 0.4) is 0 Å². The van der Waals surface area contributed by atoms with Gasteiger partial charge in [-0.2, -0.15) is 26.3 Å². The van der Waals surface area contributed by atoms with Gasteiger partial charge in [0.2, 0.25) is 0 Å². The van der Waals surface area contributed by atoms with Gasteiger partial charge >= 0.3 is 12.4 Å². The molecule has 2 heterocycles. The molecule has 170 valence electrons. The first-order valence-corrected chi connectivity index (χ1v) is 10.1.